The maximum atomic E-state index is 9.01. The maximum absolute atomic E-state index is 9.01. The van der Waals surface area contributed by atoms with E-state index in [1.54, 1.807) is 11.8 Å². The summed E-state index contributed by atoms with van der Waals surface area (Å²) in [6.45, 7) is 9.47. The lowest BCUT2D eigenvalue weighted by Gasteiger charge is -2.21. The number of nitrogens with one attached hydrogen (secondary N) is 1. The van der Waals surface area contributed by atoms with Gasteiger partial charge in [-0.05, 0) is 44.4 Å². The molecule has 0 radical (unpaired) electrons. The summed E-state index contributed by atoms with van der Waals surface area (Å²) >= 11 is 8.04. The Balaban J connectivity index is 2.59. The lowest BCUT2D eigenvalue weighted by Crippen LogP contribution is -2.35. The fourth-order valence-corrected chi connectivity index (χ4v) is 2.67. The van der Waals surface area contributed by atoms with Crippen LogP contribution in [0, 0.1) is 5.92 Å². The first-order valence-electron chi connectivity index (χ1n) is 6.59. The summed E-state index contributed by atoms with van der Waals surface area (Å²) in [5.74, 6) is 1.22. The minimum Gasteiger partial charge on any atom is -0.396 e. The van der Waals surface area contributed by atoms with Gasteiger partial charge in [0.05, 0.1) is 0 Å². The zero-order valence-electron chi connectivity index (χ0n) is 12.2. The van der Waals surface area contributed by atoms with Crippen LogP contribution in [0.15, 0.2) is 23.1 Å². The van der Waals surface area contributed by atoms with Gasteiger partial charge < -0.3 is 10.4 Å². The number of rotatable bonds is 6. The molecular weight excluding hydrogens is 278 g/mol. The van der Waals surface area contributed by atoms with Crippen molar-refractivity contribution >= 4 is 23.4 Å². The van der Waals surface area contributed by atoms with Crippen molar-refractivity contribution < 1.29 is 5.11 Å². The Hall–Kier alpha value is -0.220. The lowest BCUT2D eigenvalue weighted by atomic mass is 10.1. The van der Waals surface area contributed by atoms with E-state index in [0.717, 1.165) is 27.8 Å². The standard InChI is InChI=1S/C15H24ClNOS/c1-11(9-18)10-19-13-6-5-12(14(16)7-13)8-17-15(2,3)4/h5-7,11,17-18H,8-10H2,1-4H3. The van der Waals surface area contributed by atoms with Gasteiger partial charge in [-0.3, -0.25) is 0 Å². The van der Waals surface area contributed by atoms with E-state index < -0.39 is 0 Å². The Kier molecular flexibility index (Phi) is 6.67. The van der Waals surface area contributed by atoms with Gasteiger partial charge in [-0.1, -0.05) is 24.6 Å². The predicted molar refractivity (Wildman–Crippen MR) is 85.0 cm³/mol. The van der Waals surface area contributed by atoms with Crippen LogP contribution < -0.4 is 5.32 Å². The lowest BCUT2D eigenvalue weighted by molar-refractivity contribution is 0.250. The molecule has 0 heterocycles. The van der Waals surface area contributed by atoms with E-state index in [-0.39, 0.29) is 12.1 Å². The molecule has 2 N–H and O–H groups in total. The molecule has 0 bridgehead atoms. The van der Waals surface area contributed by atoms with Gasteiger partial charge in [0.2, 0.25) is 0 Å². The van der Waals surface area contributed by atoms with Gasteiger partial charge in [-0.2, -0.15) is 0 Å². The molecule has 1 aromatic carbocycles. The van der Waals surface area contributed by atoms with Crippen molar-refractivity contribution in [1.29, 1.82) is 0 Å². The highest BCUT2D eigenvalue weighted by molar-refractivity contribution is 7.99. The van der Waals surface area contributed by atoms with Crippen molar-refractivity contribution in [1.82, 2.24) is 5.32 Å². The molecule has 0 aliphatic rings. The van der Waals surface area contributed by atoms with Gasteiger partial charge in [0.15, 0.2) is 0 Å². The number of aliphatic hydroxyl groups is 1. The second-order valence-electron chi connectivity index (χ2n) is 5.96. The van der Waals surface area contributed by atoms with Crippen molar-refractivity contribution in [3.8, 4) is 0 Å². The van der Waals surface area contributed by atoms with Crippen LogP contribution >= 0.6 is 23.4 Å². The first-order valence-corrected chi connectivity index (χ1v) is 7.95. The summed E-state index contributed by atoms with van der Waals surface area (Å²) in [6, 6.07) is 6.18. The molecule has 0 spiro atoms. The number of hydrogen-bond acceptors (Lipinski definition) is 3. The van der Waals surface area contributed by atoms with E-state index >= 15 is 0 Å². The van der Waals surface area contributed by atoms with Crippen LogP contribution in [0.3, 0.4) is 0 Å². The Morgan fingerprint density at radius 1 is 1.37 bits per heavy atom. The first kappa shape index (κ1) is 16.8. The van der Waals surface area contributed by atoms with Gasteiger partial charge in [0.25, 0.3) is 0 Å². The van der Waals surface area contributed by atoms with E-state index in [9.17, 15) is 0 Å². The third kappa shape index (κ3) is 6.66. The van der Waals surface area contributed by atoms with Crippen molar-refractivity contribution in [2.24, 2.45) is 5.92 Å². The number of thioether (sulfide) groups is 1. The number of hydrogen-bond donors (Lipinski definition) is 2. The molecule has 0 aliphatic heterocycles. The molecule has 0 amide bonds. The largest absolute Gasteiger partial charge is 0.396 e. The molecule has 108 valence electrons. The molecule has 0 saturated carbocycles. The number of aliphatic hydroxyl groups excluding tert-OH is 1. The van der Waals surface area contributed by atoms with Crippen LogP contribution in [0.4, 0.5) is 0 Å². The van der Waals surface area contributed by atoms with Crippen LogP contribution in [0.1, 0.15) is 33.3 Å². The van der Waals surface area contributed by atoms with Crippen molar-refractivity contribution in [2.75, 3.05) is 12.4 Å². The number of benzene rings is 1. The smallest absolute Gasteiger partial charge is 0.0464 e. The maximum Gasteiger partial charge on any atom is 0.0464 e. The van der Waals surface area contributed by atoms with Gasteiger partial charge in [-0.15, -0.1) is 11.8 Å². The Morgan fingerprint density at radius 3 is 2.58 bits per heavy atom. The fraction of sp³-hybridized carbons (Fsp3) is 0.600. The molecule has 1 rings (SSSR count). The molecule has 1 unspecified atom stereocenters. The minimum atomic E-state index is 0.0906. The van der Waals surface area contributed by atoms with E-state index in [0.29, 0.717) is 5.92 Å². The van der Waals surface area contributed by atoms with E-state index in [1.165, 1.54) is 0 Å². The van der Waals surface area contributed by atoms with Gasteiger partial charge in [-0.25, -0.2) is 0 Å². The zero-order valence-corrected chi connectivity index (χ0v) is 13.7. The zero-order chi connectivity index (χ0) is 14.5. The van der Waals surface area contributed by atoms with E-state index in [4.69, 9.17) is 16.7 Å². The highest BCUT2D eigenvalue weighted by Gasteiger charge is 2.10. The third-order valence-corrected chi connectivity index (χ3v) is 4.35. The second kappa shape index (κ2) is 7.53. The Morgan fingerprint density at radius 2 is 2.05 bits per heavy atom. The third-order valence-electron chi connectivity index (χ3n) is 2.68. The summed E-state index contributed by atoms with van der Waals surface area (Å²) in [7, 11) is 0. The average molecular weight is 302 g/mol. The SMILES string of the molecule is CC(CO)CSc1ccc(CNC(C)(C)C)c(Cl)c1. The average Bonchev–Trinajstić information content (AvgIpc) is 2.33. The first-order chi connectivity index (χ1) is 8.81. The van der Waals surface area contributed by atoms with Gasteiger partial charge in [0, 0.05) is 34.4 Å². The summed E-state index contributed by atoms with van der Waals surface area (Å²) in [6.07, 6.45) is 0. The molecule has 0 saturated heterocycles. The van der Waals surface area contributed by atoms with Crippen LogP contribution in [-0.2, 0) is 6.54 Å². The monoisotopic (exact) mass is 301 g/mol. The van der Waals surface area contributed by atoms with E-state index in [1.807, 2.05) is 13.0 Å². The Labute approximate surface area is 125 Å². The summed E-state index contributed by atoms with van der Waals surface area (Å²) in [5.41, 5.74) is 1.21. The second-order valence-corrected chi connectivity index (χ2v) is 7.46. The molecule has 2 nitrogen and oxygen atoms in total. The van der Waals surface area contributed by atoms with Crippen molar-refractivity contribution in [2.45, 2.75) is 44.7 Å². The molecule has 0 fully saturated rings. The number of halogens is 1. The highest BCUT2D eigenvalue weighted by Crippen LogP contribution is 2.26. The summed E-state index contributed by atoms with van der Waals surface area (Å²) in [5, 5.41) is 13.2. The molecule has 19 heavy (non-hydrogen) atoms. The van der Waals surface area contributed by atoms with Crippen LogP contribution in [0.2, 0.25) is 5.02 Å². The molecule has 4 heteroatoms. The highest BCUT2D eigenvalue weighted by atomic mass is 35.5. The summed E-state index contributed by atoms with van der Waals surface area (Å²) < 4.78 is 0. The molecule has 1 atom stereocenters. The fourth-order valence-electron chi connectivity index (χ4n) is 1.41. The van der Waals surface area contributed by atoms with Crippen LogP contribution in [-0.4, -0.2) is 23.0 Å². The topological polar surface area (TPSA) is 32.3 Å². The van der Waals surface area contributed by atoms with E-state index in [2.05, 4.69) is 38.2 Å². The van der Waals surface area contributed by atoms with Gasteiger partial charge >= 0.3 is 0 Å². The van der Waals surface area contributed by atoms with Crippen molar-refractivity contribution in [3.05, 3.63) is 28.8 Å². The van der Waals surface area contributed by atoms with Crippen LogP contribution in [0.5, 0.6) is 0 Å². The minimum absolute atomic E-state index is 0.0906. The molecule has 1 aromatic rings. The predicted octanol–water partition coefficient (Wildman–Crippen LogP) is 3.95. The van der Waals surface area contributed by atoms with Crippen molar-refractivity contribution in [3.63, 3.8) is 0 Å². The summed E-state index contributed by atoms with van der Waals surface area (Å²) in [4.78, 5) is 1.16. The molecule has 0 aliphatic carbocycles. The quantitative estimate of drug-likeness (QED) is 0.780. The molecular formula is C15H24ClNOS. The molecule has 0 aromatic heterocycles. The Bertz CT molecular complexity index is 404. The normalized spacial score (nSPS) is 13.6. The van der Waals surface area contributed by atoms with Crippen LogP contribution in [0.25, 0.3) is 0 Å². The van der Waals surface area contributed by atoms with Gasteiger partial charge in [0.1, 0.15) is 0 Å².